The molecule has 24 heavy (non-hydrogen) atoms. The van der Waals surface area contributed by atoms with Crippen molar-refractivity contribution in [1.29, 1.82) is 0 Å². The molecule has 0 aliphatic carbocycles. The molecule has 0 bridgehead atoms. The van der Waals surface area contributed by atoms with E-state index in [0.29, 0.717) is 23.3 Å². The fraction of sp³-hybridized carbons (Fsp3) is 0.200. The molecule has 0 aliphatic heterocycles. The normalized spacial score (nSPS) is 12.1. The molecule has 0 radical (unpaired) electrons. The highest BCUT2D eigenvalue weighted by Crippen LogP contribution is 2.24. The van der Waals surface area contributed by atoms with Gasteiger partial charge in [0.15, 0.2) is 6.10 Å². The van der Waals surface area contributed by atoms with Crippen LogP contribution < -0.4 is 10.4 Å². The molecule has 2 aromatic carbocycles. The minimum Gasteiger partial charge on any atom is -0.482 e. The smallest absolute Gasteiger partial charge is 0.336 e. The predicted octanol–water partition coefficient (Wildman–Crippen LogP) is 4.14. The number of carbonyl (C=O) groups is 1. The minimum atomic E-state index is -0.582. The van der Waals surface area contributed by atoms with Gasteiger partial charge in [-0.05, 0) is 31.0 Å². The molecule has 1 aromatic heterocycles. The van der Waals surface area contributed by atoms with E-state index in [9.17, 15) is 9.59 Å². The van der Waals surface area contributed by atoms with Gasteiger partial charge in [-0.1, -0.05) is 37.3 Å². The summed E-state index contributed by atoms with van der Waals surface area (Å²) in [6, 6.07) is 15.8. The molecule has 1 heterocycles. The van der Waals surface area contributed by atoms with Gasteiger partial charge in [0.25, 0.3) is 0 Å². The zero-order chi connectivity index (χ0) is 17.1. The van der Waals surface area contributed by atoms with Gasteiger partial charge in [0.05, 0.1) is 0 Å². The standard InChI is InChI=1S/C20H18O4/c1-3-17(20(22)14-7-5-4-6-8-14)23-15-9-10-16-13(2)11-19(21)24-18(16)12-15/h4-12,17H,3H2,1-2H3/t17-/m1/s1. The monoisotopic (exact) mass is 322 g/mol. The van der Waals surface area contributed by atoms with E-state index in [-0.39, 0.29) is 5.78 Å². The van der Waals surface area contributed by atoms with Gasteiger partial charge in [0.2, 0.25) is 5.78 Å². The lowest BCUT2D eigenvalue weighted by Crippen LogP contribution is -2.26. The van der Waals surface area contributed by atoms with E-state index < -0.39 is 11.7 Å². The molecule has 3 rings (SSSR count). The van der Waals surface area contributed by atoms with Crippen molar-refractivity contribution in [2.75, 3.05) is 0 Å². The Hall–Kier alpha value is -2.88. The number of rotatable bonds is 5. The van der Waals surface area contributed by atoms with Crippen LogP contribution in [0.15, 0.2) is 63.8 Å². The van der Waals surface area contributed by atoms with Crippen LogP contribution in [-0.2, 0) is 0 Å². The molecule has 0 saturated carbocycles. The number of benzene rings is 2. The number of carbonyl (C=O) groups excluding carboxylic acids is 1. The summed E-state index contributed by atoms with van der Waals surface area (Å²) in [5.41, 5.74) is 1.52. The van der Waals surface area contributed by atoms with Gasteiger partial charge in [-0.15, -0.1) is 0 Å². The van der Waals surface area contributed by atoms with Crippen LogP contribution in [-0.4, -0.2) is 11.9 Å². The second-order valence-electron chi connectivity index (χ2n) is 5.65. The first-order chi connectivity index (χ1) is 11.6. The van der Waals surface area contributed by atoms with Crippen molar-refractivity contribution in [2.45, 2.75) is 26.4 Å². The highest BCUT2D eigenvalue weighted by molar-refractivity contribution is 5.99. The van der Waals surface area contributed by atoms with E-state index in [4.69, 9.17) is 9.15 Å². The number of fused-ring (bicyclic) bond motifs is 1. The Labute approximate surface area is 139 Å². The Morgan fingerprint density at radius 3 is 2.58 bits per heavy atom. The topological polar surface area (TPSA) is 56.5 Å². The first kappa shape index (κ1) is 16.0. The summed E-state index contributed by atoms with van der Waals surface area (Å²) in [5, 5.41) is 0.851. The average Bonchev–Trinajstić information content (AvgIpc) is 2.59. The zero-order valence-corrected chi connectivity index (χ0v) is 13.6. The molecule has 0 spiro atoms. The van der Waals surface area contributed by atoms with Crippen LogP contribution in [0.5, 0.6) is 5.75 Å². The third-order valence-electron chi connectivity index (χ3n) is 3.92. The molecular weight excluding hydrogens is 304 g/mol. The van der Waals surface area contributed by atoms with Gasteiger partial charge in [-0.3, -0.25) is 4.79 Å². The van der Waals surface area contributed by atoms with Crippen LogP contribution in [0.25, 0.3) is 11.0 Å². The first-order valence-corrected chi connectivity index (χ1v) is 7.89. The molecule has 0 fully saturated rings. The maximum atomic E-state index is 12.6. The highest BCUT2D eigenvalue weighted by Gasteiger charge is 2.20. The van der Waals surface area contributed by atoms with Crippen LogP contribution in [0.2, 0.25) is 0 Å². The van der Waals surface area contributed by atoms with Gasteiger partial charge in [0, 0.05) is 23.1 Å². The van der Waals surface area contributed by atoms with Gasteiger partial charge >= 0.3 is 5.63 Å². The largest absolute Gasteiger partial charge is 0.482 e. The fourth-order valence-corrected chi connectivity index (χ4v) is 2.65. The summed E-state index contributed by atoms with van der Waals surface area (Å²) in [6.45, 7) is 3.75. The van der Waals surface area contributed by atoms with Crippen molar-refractivity contribution in [1.82, 2.24) is 0 Å². The molecule has 0 aliphatic rings. The molecule has 0 amide bonds. The lowest BCUT2D eigenvalue weighted by atomic mass is 10.0. The maximum Gasteiger partial charge on any atom is 0.336 e. The predicted molar refractivity (Wildman–Crippen MR) is 92.7 cm³/mol. The van der Waals surface area contributed by atoms with Gasteiger partial charge in [-0.2, -0.15) is 0 Å². The van der Waals surface area contributed by atoms with Crippen molar-refractivity contribution in [2.24, 2.45) is 0 Å². The molecule has 0 saturated heterocycles. The summed E-state index contributed by atoms with van der Waals surface area (Å²) in [7, 11) is 0. The maximum absolute atomic E-state index is 12.6. The molecule has 4 nitrogen and oxygen atoms in total. The van der Waals surface area contributed by atoms with Gasteiger partial charge in [-0.25, -0.2) is 4.79 Å². The number of hydrogen-bond acceptors (Lipinski definition) is 4. The molecule has 4 heteroatoms. The van der Waals surface area contributed by atoms with E-state index in [2.05, 4.69) is 0 Å². The lowest BCUT2D eigenvalue weighted by Gasteiger charge is -2.17. The summed E-state index contributed by atoms with van der Waals surface area (Å²) >= 11 is 0. The molecule has 1 atom stereocenters. The van der Waals surface area contributed by atoms with E-state index in [1.807, 2.05) is 38.1 Å². The van der Waals surface area contributed by atoms with Gasteiger partial charge < -0.3 is 9.15 Å². The first-order valence-electron chi connectivity index (χ1n) is 7.89. The van der Waals surface area contributed by atoms with Crippen molar-refractivity contribution in [3.63, 3.8) is 0 Å². The van der Waals surface area contributed by atoms with Crippen LogP contribution in [0.4, 0.5) is 0 Å². The SMILES string of the molecule is CC[C@@H](Oc1ccc2c(C)cc(=O)oc2c1)C(=O)c1ccccc1. The number of Topliss-reactive ketones (excluding diaryl/α,β-unsaturated/α-hetero) is 1. The fourth-order valence-electron chi connectivity index (χ4n) is 2.65. The van der Waals surface area contributed by atoms with Crippen LogP contribution >= 0.6 is 0 Å². The number of hydrogen-bond donors (Lipinski definition) is 0. The highest BCUT2D eigenvalue weighted by atomic mass is 16.5. The third kappa shape index (κ3) is 3.23. The Kier molecular flexibility index (Phi) is 4.47. The minimum absolute atomic E-state index is 0.0658. The van der Waals surface area contributed by atoms with Crippen molar-refractivity contribution in [3.8, 4) is 5.75 Å². The van der Waals surface area contributed by atoms with Crippen LogP contribution in [0.3, 0.4) is 0 Å². The van der Waals surface area contributed by atoms with Crippen molar-refractivity contribution in [3.05, 3.63) is 76.1 Å². The average molecular weight is 322 g/mol. The zero-order valence-electron chi connectivity index (χ0n) is 13.6. The Morgan fingerprint density at radius 2 is 1.88 bits per heavy atom. The Bertz CT molecular complexity index is 925. The molecule has 0 N–H and O–H groups in total. The quantitative estimate of drug-likeness (QED) is 0.523. The van der Waals surface area contributed by atoms with Crippen LogP contribution in [0, 0.1) is 6.92 Å². The lowest BCUT2D eigenvalue weighted by molar-refractivity contribution is 0.0786. The summed E-state index contributed by atoms with van der Waals surface area (Å²) < 4.78 is 11.1. The molecule has 0 unspecified atom stereocenters. The second kappa shape index (κ2) is 6.71. The molecule has 3 aromatic rings. The van der Waals surface area contributed by atoms with Gasteiger partial charge in [0.1, 0.15) is 11.3 Å². The van der Waals surface area contributed by atoms with Crippen molar-refractivity contribution < 1.29 is 13.9 Å². The van der Waals surface area contributed by atoms with E-state index in [1.165, 1.54) is 6.07 Å². The molecule has 122 valence electrons. The molecular formula is C20H18O4. The van der Waals surface area contributed by atoms with E-state index >= 15 is 0 Å². The summed E-state index contributed by atoms with van der Waals surface area (Å²) in [5.74, 6) is 0.441. The summed E-state index contributed by atoms with van der Waals surface area (Å²) in [4.78, 5) is 24.1. The van der Waals surface area contributed by atoms with E-state index in [1.54, 1.807) is 24.3 Å². The Balaban J connectivity index is 1.90. The third-order valence-corrected chi connectivity index (χ3v) is 3.92. The number of ether oxygens (including phenoxy) is 1. The summed E-state index contributed by atoms with van der Waals surface area (Å²) in [6.07, 6.45) is -0.0369. The Morgan fingerprint density at radius 1 is 1.12 bits per heavy atom. The number of ketones is 1. The number of aryl methyl sites for hydroxylation is 1. The van der Waals surface area contributed by atoms with Crippen molar-refractivity contribution >= 4 is 16.8 Å². The van der Waals surface area contributed by atoms with Crippen LogP contribution in [0.1, 0.15) is 29.3 Å². The second-order valence-corrected chi connectivity index (χ2v) is 5.65. The van der Waals surface area contributed by atoms with E-state index in [0.717, 1.165) is 10.9 Å².